The maximum Gasteiger partial charge on any atom is 0.332 e. The smallest absolute Gasteiger partial charge is 0.332 e. The highest BCUT2D eigenvalue weighted by molar-refractivity contribution is 5.96. The van der Waals surface area contributed by atoms with Crippen LogP contribution in [0.2, 0.25) is 0 Å². The molecule has 0 heterocycles. The third-order valence-electron chi connectivity index (χ3n) is 1.79. The Hall–Kier alpha value is -1.63. The number of urea groups is 1. The van der Waals surface area contributed by atoms with Gasteiger partial charge in [-0.1, -0.05) is 13.8 Å². The zero-order valence-corrected chi connectivity index (χ0v) is 10.2. The minimum Gasteiger partial charge on any atom is -0.450 e. The molecule has 0 rings (SSSR count). The standard InChI is InChI=1S/C10H18N2O5/c1-4-16-5-7(13)17-8(6(2)3)9(14)12-10(11)15/h6,8H,4-5H2,1-3H3,(H3,11,12,14,15)/t8-/m0/s1. The number of rotatable bonds is 6. The van der Waals surface area contributed by atoms with Crippen LogP contribution in [-0.2, 0) is 19.1 Å². The number of nitrogens with two attached hydrogens (primary N) is 1. The number of hydrogen-bond acceptors (Lipinski definition) is 5. The van der Waals surface area contributed by atoms with Crippen molar-refractivity contribution in [1.29, 1.82) is 0 Å². The molecule has 0 saturated carbocycles. The molecule has 7 heteroatoms. The highest BCUT2D eigenvalue weighted by atomic mass is 16.6. The van der Waals surface area contributed by atoms with Crippen LogP contribution >= 0.6 is 0 Å². The van der Waals surface area contributed by atoms with Gasteiger partial charge >= 0.3 is 12.0 Å². The molecule has 0 saturated heterocycles. The number of nitrogens with one attached hydrogen (secondary N) is 1. The molecule has 0 bridgehead atoms. The molecule has 0 aliphatic rings. The number of imide groups is 1. The number of primary amides is 1. The molecule has 0 aliphatic carbocycles. The van der Waals surface area contributed by atoms with E-state index in [1.807, 2.05) is 5.32 Å². The topological polar surface area (TPSA) is 108 Å². The second-order valence-corrected chi connectivity index (χ2v) is 3.65. The van der Waals surface area contributed by atoms with Gasteiger partial charge in [0, 0.05) is 6.61 Å². The van der Waals surface area contributed by atoms with Gasteiger partial charge in [-0.25, -0.2) is 9.59 Å². The summed E-state index contributed by atoms with van der Waals surface area (Å²) in [5.41, 5.74) is 4.81. The summed E-state index contributed by atoms with van der Waals surface area (Å²) in [6, 6.07) is -0.985. The lowest BCUT2D eigenvalue weighted by molar-refractivity contribution is -0.162. The first-order valence-corrected chi connectivity index (χ1v) is 5.26. The van der Waals surface area contributed by atoms with Gasteiger partial charge in [-0.15, -0.1) is 0 Å². The SMILES string of the molecule is CCOCC(=O)O[C@H](C(=O)NC(N)=O)C(C)C. The van der Waals surface area contributed by atoms with Crippen LogP contribution in [0.4, 0.5) is 4.79 Å². The van der Waals surface area contributed by atoms with Crippen molar-refractivity contribution in [2.24, 2.45) is 11.7 Å². The Kier molecular flexibility index (Phi) is 6.88. The Labute approximate surface area is 99.6 Å². The maximum absolute atomic E-state index is 11.5. The number of amides is 3. The Bertz CT molecular complexity index is 290. The Morgan fingerprint density at radius 1 is 1.29 bits per heavy atom. The molecular formula is C10H18N2O5. The normalized spacial score (nSPS) is 12.0. The van der Waals surface area contributed by atoms with E-state index >= 15 is 0 Å². The van der Waals surface area contributed by atoms with Crippen LogP contribution < -0.4 is 11.1 Å². The van der Waals surface area contributed by atoms with Crippen LogP contribution in [-0.4, -0.2) is 37.2 Å². The van der Waals surface area contributed by atoms with Crippen molar-refractivity contribution in [1.82, 2.24) is 5.32 Å². The summed E-state index contributed by atoms with van der Waals surface area (Å²) in [7, 11) is 0. The number of ether oxygens (including phenoxy) is 2. The average Bonchev–Trinajstić information content (AvgIpc) is 2.21. The first kappa shape index (κ1) is 15.4. The number of hydrogen-bond donors (Lipinski definition) is 2. The lowest BCUT2D eigenvalue weighted by Gasteiger charge is -2.19. The molecule has 0 aromatic carbocycles. The Morgan fingerprint density at radius 3 is 2.29 bits per heavy atom. The minimum absolute atomic E-state index is 0.233. The average molecular weight is 246 g/mol. The van der Waals surface area contributed by atoms with Crippen molar-refractivity contribution >= 4 is 17.9 Å². The first-order chi connectivity index (χ1) is 7.88. The van der Waals surface area contributed by atoms with Gasteiger partial charge in [0.15, 0.2) is 6.10 Å². The summed E-state index contributed by atoms with van der Waals surface area (Å²) in [5, 5.41) is 1.87. The van der Waals surface area contributed by atoms with Crippen LogP contribution in [0.15, 0.2) is 0 Å². The quantitative estimate of drug-likeness (QED) is 0.630. The summed E-state index contributed by atoms with van der Waals surface area (Å²) in [5.74, 6) is -1.68. The van der Waals surface area contributed by atoms with Gasteiger partial charge in [0.25, 0.3) is 5.91 Å². The van der Waals surface area contributed by atoms with E-state index in [0.717, 1.165) is 0 Å². The fourth-order valence-electron chi connectivity index (χ4n) is 1.05. The predicted molar refractivity (Wildman–Crippen MR) is 58.9 cm³/mol. The summed E-state index contributed by atoms with van der Waals surface area (Å²) in [4.78, 5) is 33.3. The van der Waals surface area contributed by atoms with Crippen molar-refractivity contribution in [2.45, 2.75) is 26.9 Å². The monoisotopic (exact) mass is 246 g/mol. The molecule has 0 spiro atoms. The summed E-state index contributed by atoms with van der Waals surface area (Å²) < 4.78 is 9.73. The van der Waals surface area contributed by atoms with E-state index in [2.05, 4.69) is 0 Å². The first-order valence-electron chi connectivity index (χ1n) is 5.26. The molecule has 3 amide bonds. The van der Waals surface area contributed by atoms with Crippen molar-refractivity contribution < 1.29 is 23.9 Å². The van der Waals surface area contributed by atoms with Crippen LogP contribution in [0.5, 0.6) is 0 Å². The van der Waals surface area contributed by atoms with E-state index in [1.54, 1.807) is 20.8 Å². The van der Waals surface area contributed by atoms with Crippen LogP contribution in [0, 0.1) is 5.92 Å². The molecule has 0 aromatic heterocycles. The largest absolute Gasteiger partial charge is 0.450 e. The van der Waals surface area contributed by atoms with Crippen molar-refractivity contribution in [2.75, 3.05) is 13.2 Å². The molecule has 0 radical (unpaired) electrons. The maximum atomic E-state index is 11.5. The van der Waals surface area contributed by atoms with E-state index in [1.165, 1.54) is 0 Å². The predicted octanol–water partition coefficient (Wildman–Crippen LogP) is -0.214. The van der Waals surface area contributed by atoms with Crippen molar-refractivity contribution in [3.63, 3.8) is 0 Å². The Morgan fingerprint density at radius 2 is 1.88 bits per heavy atom. The van der Waals surface area contributed by atoms with E-state index < -0.39 is 24.0 Å². The van der Waals surface area contributed by atoms with Gasteiger partial charge < -0.3 is 15.2 Å². The molecule has 0 aromatic rings. The van der Waals surface area contributed by atoms with Gasteiger partial charge in [-0.3, -0.25) is 10.1 Å². The fourth-order valence-corrected chi connectivity index (χ4v) is 1.05. The van der Waals surface area contributed by atoms with Crippen LogP contribution in [0.1, 0.15) is 20.8 Å². The molecule has 17 heavy (non-hydrogen) atoms. The second-order valence-electron chi connectivity index (χ2n) is 3.65. The number of esters is 1. The third kappa shape index (κ3) is 6.52. The number of carbonyl (C=O) groups is 3. The molecule has 1 atom stereocenters. The van der Waals surface area contributed by atoms with Crippen LogP contribution in [0.3, 0.4) is 0 Å². The highest BCUT2D eigenvalue weighted by Gasteiger charge is 2.27. The second kappa shape index (κ2) is 7.61. The molecule has 0 aliphatic heterocycles. The summed E-state index contributed by atoms with van der Waals surface area (Å²) in [6.45, 7) is 5.23. The lowest BCUT2D eigenvalue weighted by Crippen LogP contribution is -2.46. The van der Waals surface area contributed by atoms with Gasteiger partial charge in [-0.05, 0) is 12.8 Å². The molecule has 98 valence electrons. The molecule has 0 fully saturated rings. The van der Waals surface area contributed by atoms with Gasteiger partial charge in [0.05, 0.1) is 0 Å². The Balaban J connectivity index is 4.38. The van der Waals surface area contributed by atoms with Gasteiger partial charge in [-0.2, -0.15) is 0 Å². The van der Waals surface area contributed by atoms with E-state index in [9.17, 15) is 14.4 Å². The molecule has 7 nitrogen and oxygen atoms in total. The fraction of sp³-hybridized carbons (Fsp3) is 0.700. The van der Waals surface area contributed by atoms with E-state index in [-0.39, 0.29) is 12.5 Å². The molecule has 3 N–H and O–H groups in total. The minimum atomic E-state index is -1.06. The van der Waals surface area contributed by atoms with Crippen molar-refractivity contribution in [3.8, 4) is 0 Å². The summed E-state index contributed by atoms with van der Waals surface area (Å²) >= 11 is 0. The van der Waals surface area contributed by atoms with Gasteiger partial charge in [0.2, 0.25) is 0 Å². The van der Waals surface area contributed by atoms with E-state index in [0.29, 0.717) is 6.61 Å². The summed E-state index contributed by atoms with van der Waals surface area (Å²) in [6.07, 6.45) is -1.06. The van der Waals surface area contributed by atoms with E-state index in [4.69, 9.17) is 15.2 Å². The number of carbonyl (C=O) groups excluding carboxylic acids is 3. The van der Waals surface area contributed by atoms with Crippen LogP contribution in [0.25, 0.3) is 0 Å². The zero-order valence-electron chi connectivity index (χ0n) is 10.2. The lowest BCUT2D eigenvalue weighted by atomic mass is 10.1. The van der Waals surface area contributed by atoms with Crippen molar-refractivity contribution in [3.05, 3.63) is 0 Å². The molecule has 0 unspecified atom stereocenters. The highest BCUT2D eigenvalue weighted by Crippen LogP contribution is 2.07. The van der Waals surface area contributed by atoms with Gasteiger partial charge in [0.1, 0.15) is 6.61 Å². The third-order valence-corrected chi connectivity index (χ3v) is 1.79. The molecular weight excluding hydrogens is 228 g/mol. The zero-order chi connectivity index (χ0) is 13.4.